The Morgan fingerprint density at radius 2 is 1.41 bits per heavy atom. The fourth-order valence-corrected chi connectivity index (χ4v) is 4.53. The van der Waals surface area contributed by atoms with E-state index in [1.54, 1.807) is 36.4 Å². The van der Waals surface area contributed by atoms with Gasteiger partial charge < -0.3 is 4.90 Å². The molecular formula is C28H24N2O4. The average Bonchev–Trinajstić information content (AvgIpc) is 2.85. The van der Waals surface area contributed by atoms with E-state index in [0.717, 1.165) is 11.3 Å². The van der Waals surface area contributed by atoms with Crippen molar-refractivity contribution in [1.29, 1.82) is 0 Å². The van der Waals surface area contributed by atoms with Gasteiger partial charge in [0.05, 0.1) is 10.6 Å². The standard InChI is InChI=1S/C28H24N2O4/c1-18-24(19(2)31)25(20-14-16-23(17-15-20)30(33)34)26(28(32)22-12-8-5-9-13-22)27(29(18)3)21-10-6-4-7-11-21/h4-17,25H,1-3H3. The highest BCUT2D eigenvalue weighted by molar-refractivity contribution is 6.16. The number of non-ortho nitro benzene ring substituents is 1. The summed E-state index contributed by atoms with van der Waals surface area (Å²) in [6.45, 7) is 3.35. The zero-order chi connectivity index (χ0) is 24.4. The molecule has 0 amide bonds. The van der Waals surface area contributed by atoms with E-state index in [-0.39, 0.29) is 17.3 Å². The molecule has 0 aliphatic carbocycles. The number of nitrogens with zero attached hydrogens (tertiary/aromatic N) is 2. The van der Waals surface area contributed by atoms with Gasteiger partial charge in [-0.1, -0.05) is 72.8 Å². The van der Waals surface area contributed by atoms with Gasteiger partial charge in [0.25, 0.3) is 5.69 Å². The maximum absolute atomic E-state index is 14.0. The first-order valence-corrected chi connectivity index (χ1v) is 10.9. The molecule has 4 rings (SSSR count). The maximum Gasteiger partial charge on any atom is 0.269 e. The van der Waals surface area contributed by atoms with Gasteiger partial charge in [0.2, 0.25) is 0 Å². The number of nitro groups is 1. The predicted octanol–water partition coefficient (Wildman–Crippen LogP) is 5.78. The first kappa shape index (κ1) is 22.9. The lowest BCUT2D eigenvalue weighted by atomic mass is 9.75. The number of carbonyl (C=O) groups excluding carboxylic acids is 2. The van der Waals surface area contributed by atoms with Crippen molar-refractivity contribution in [2.45, 2.75) is 19.8 Å². The van der Waals surface area contributed by atoms with Gasteiger partial charge in [0.15, 0.2) is 11.6 Å². The Balaban J connectivity index is 2.05. The number of hydrogen-bond donors (Lipinski definition) is 0. The van der Waals surface area contributed by atoms with Crippen LogP contribution >= 0.6 is 0 Å². The molecule has 3 aromatic rings. The third-order valence-electron chi connectivity index (χ3n) is 6.21. The molecule has 0 N–H and O–H groups in total. The van der Waals surface area contributed by atoms with Crippen LogP contribution in [0.3, 0.4) is 0 Å². The third-order valence-corrected chi connectivity index (χ3v) is 6.21. The summed E-state index contributed by atoms with van der Waals surface area (Å²) in [5.41, 5.74) is 4.35. The predicted molar refractivity (Wildman–Crippen MR) is 131 cm³/mol. The van der Waals surface area contributed by atoms with E-state index in [9.17, 15) is 19.7 Å². The Labute approximate surface area is 198 Å². The van der Waals surface area contributed by atoms with Crippen LogP contribution in [-0.2, 0) is 4.79 Å². The smallest absolute Gasteiger partial charge is 0.269 e. The van der Waals surface area contributed by atoms with Crippen LogP contribution in [0.5, 0.6) is 0 Å². The molecule has 1 aliphatic rings. The number of ketones is 2. The van der Waals surface area contributed by atoms with Crippen LogP contribution in [-0.4, -0.2) is 28.4 Å². The molecule has 1 aliphatic heterocycles. The van der Waals surface area contributed by atoms with Gasteiger partial charge in [-0.15, -0.1) is 0 Å². The zero-order valence-electron chi connectivity index (χ0n) is 19.2. The van der Waals surface area contributed by atoms with Crippen LogP contribution < -0.4 is 0 Å². The lowest BCUT2D eigenvalue weighted by Crippen LogP contribution is -2.32. The normalized spacial score (nSPS) is 16.0. The highest BCUT2D eigenvalue weighted by Gasteiger charge is 2.39. The minimum Gasteiger partial charge on any atom is -0.347 e. The lowest BCUT2D eigenvalue weighted by molar-refractivity contribution is -0.384. The molecular weight excluding hydrogens is 428 g/mol. The molecule has 0 saturated heterocycles. The van der Waals surface area contributed by atoms with Crippen LogP contribution in [0, 0.1) is 10.1 Å². The second-order valence-electron chi connectivity index (χ2n) is 8.22. The summed E-state index contributed by atoms with van der Waals surface area (Å²) in [7, 11) is 1.85. The number of nitro benzene ring substituents is 1. The van der Waals surface area contributed by atoms with E-state index in [1.165, 1.54) is 19.1 Å². The first-order chi connectivity index (χ1) is 16.3. The maximum atomic E-state index is 14.0. The Kier molecular flexibility index (Phi) is 6.23. The second kappa shape index (κ2) is 9.27. The lowest BCUT2D eigenvalue weighted by Gasteiger charge is -2.38. The van der Waals surface area contributed by atoms with Crippen molar-refractivity contribution in [3.63, 3.8) is 0 Å². The molecule has 1 atom stereocenters. The molecule has 0 aromatic heterocycles. The van der Waals surface area contributed by atoms with E-state index >= 15 is 0 Å². The van der Waals surface area contributed by atoms with E-state index in [1.807, 2.05) is 55.3 Å². The molecule has 0 spiro atoms. The molecule has 6 heteroatoms. The Morgan fingerprint density at radius 3 is 1.94 bits per heavy atom. The molecule has 34 heavy (non-hydrogen) atoms. The molecule has 170 valence electrons. The first-order valence-electron chi connectivity index (χ1n) is 10.9. The summed E-state index contributed by atoms with van der Waals surface area (Å²) in [5.74, 6) is -1.02. The van der Waals surface area contributed by atoms with Crippen LogP contribution in [0.4, 0.5) is 5.69 Å². The zero-order valence-corrected chi connectivity index (χ0v) is 19.2. The van der Waals surface area contributed by atoms with Crippen molar-refractivity contribution in [2.75, 3.05) is 7.05 Å². The van der Waals surface area contributed by atoms with Crippen LogP contribution in [0.25, 0.3) is 5.70 Å². The fraction of sp³-hybridized carbons (Fsp3) is 0.143. The molecule has 6 nitrogen and oxygen atoms in total. The molecule has 0 bridgehead atoms. The molecule has 0 radical (unpaired) electrons. The number of allylic oxidation sites excluding steroid dienone is 3. The summed E-state index contributed by atoms with van der Waals surface area (Å²) in [5, 5.41) is 11.2. The van der Waals surface area contributed by atoms with Gasteiger partial charge in [-0.2, -0.15) is 0 Å². The number of hydrogen-bond acceptors (Lipinski definition) is 5. The number of benzene rings is 3. The molecule has 3 aromatic carbocycles. The third kappa shape index (κ3) is 4.06. The largest absolute Gasteiger partial charge is 0.347 e. The highest BCUT2D eigenvalue weighted by Crippen LogP contribution is 2.46. The van der Waals surface area contributed by atoms with E-state index < -0.39 is 10.8 Å². The van der Waals surface area contributed by atoms with Crippen LogP contribution in [0.15, 0.2) is 102 Å². The van der Waals surface area contributed by atoms with Crippen molar-refractivity contribution in [1.82, 2.24) is 4.90 Å². The van der Waals surface area contributed by atoms with Gasteiger partial charge >= 0.3 is 0 Å². The van der Waals surface area contributed by atoms with Crippen molar-refractivity contribution in [3.05, 3.63) is 129 Å². The summed E-state index contributed by atoms with van der Waals surface area (Å²) in [6, 6.07) is 24.6. The topological polar surface area (TPSA) is 80.5 Å². The van der Waals surface area contributed by atoms with Gasteiger partial charge in [-0.3, -0.25) is 19.7 Å². The Bertz CT molecular complexity index is 1320. The molecule has 0 fully saturated rings. The summed E-state index contributed by atoms with van der Waals surface area (Å²) in [6.07, 6.45) is 0. The van der Waals surface area contributed by atoms with Gasteiger partial charge in [0.1, 0.15) is 0 Å². The van der Waals surface area contributed by atoms with E-state index in [4.69, 9.17) is 0 Å². The summed E-state index contributed by atoms with van der Waals surface area (Å²) >= 11 is 0. The minimum absolute atomic E-state index is 0.0510. The average molecular weight is 453 g/mol. The van der Waals surface area contributed by atoms with Gasteiger partial charge in [-0.05, 0) is 25.0 Å². The van der Waals surface area contributed by atoms with Gasteiger partial charge in [-0.25, -0.2) is 0 Å². The van der Waals surface area contributed by atoms with Crippen molar-refractivity contribution in [2.24, 2.45) is 0 Å². The Hall–Kier alpha value is -4.32. The van der Waals surface area contributed by atoms with Crippen molar-refractivity contribution >= 4 is 23.0 Å². The molecule has 1 unspecified atom stereocenters. The second-order valence-corrected chi connectivity index (χ2v) is 8.22. The van der Waals surface area contributed by atoms with Crippen molar-refractivity contribution in [3.8, 4) is 0 Å². The van der Waals surface area contributed by atoms with Crippen LogP contribution in [0.2, 0.25) is 0 Å². The summed E-state index contributed by atoms with van der Waals surface area (Å²) in [4.78, 5) is 39.6. The number of carbonyl (C=O) groups is 2. The summed E-state index contributed by atoms with van der Waals surface area (Å²) < 4.78 is 0. The SMILES string of the molecule is CC(=O)C1=C(C)N(C)C(c2ccccc2)=C(C(=O)c2ccccc2)C1c1ccc([N+](=O)[O-])cc1. The van der Waals surface area contributed by atoms with Gasteiger partial charge in [0, 0.05) is 47.5 Å². The monoisotopic (exact) mass is 452 g/mol. The highest BCUT2D eigenvalue weighted by atomic mass is 16.6. The van der Waals surface area contributed by atoms with Crippen molar-refractivity contribution < 1.29 is 14.5 Å². The fourth-order valence-electron chi connectivity index (χ4n) is 4.53. The van der Waals surface area contributed by atoms with E-state index in [2.05, 4.69) is 0 Å². The van der Waals surface area contributed by atoms with E-state index in [0.29, 0.717) is 28.0 Å². The number of rotatable bonds is 6. The number of Topliss-reactive ketones (excluding diaryl/α,β-unsaturated/α-hetero) is 2. The minimum atomic E-state index is -0.669. The quantitative estimate of drug-likeness (QED) is 0.269. The Morgan fingerprint density at radius 1 is 0.853 bits per heavy atom. The molecule has 1 heterocycles. The van der Waals surface area contributed by atoms with Crippen LogP contribution in [0.1, 0.15) is 41.3 Å². The molecule has 0 saturated carbocycles.